The molecule has 0 saturated heterocycles. The molecule has 0 saturated carbocycles. The molecule has 0 aliphatic heterocycles. The maximum atomic E-state index is 11.5. The summed E-state index contributed by atoms with van der Waals surface area (Å²) in [6.07, 6.45) is 0. The molecule has 1 radical (unpaired) electrons. The Kier molecular flexibility index (Phi) is 4.08. The second-order valence-corrected chi connectivity index (χ2v) is 6.23. The molecule has 91 valence electrons. The van der Waals surface area contributed by atoms with Gasteiger partial charge in [0.2, 0.25) is 0 Å². The predicted octanol–water partition coefficient (Wildman–Crippen LogP) is 0.821. The van der Waals surface area contributed by atoms with Crippen LogP contribution in [0.15, 0.2) is 60.4 Å². The zero-order valence-corrected chi connectivity index (χ0v) is 11.6. The van der Waals surface area contributed by atoms with Gasteiger partial charge in [-0.15, -0.1) is 0 Å². The van der Waals surface area contributed by atoms with Gasteiger partial charge in [0.1, 0.15) is 0 Å². The average molecular weight is 303 g/mol. The van der Waals surface area contributed by atoms with E-state index in [1.54, 1.807) is 12.1 Å². The van der Waals surface area contributed by atoms with Crippen molar-refractivity contribution in [3.8, 4) is 0 Å². The van der Waals surface area contributed by atoms with Gasteiger partial charge in [-0.25, -0.2) is 0 Å². The van der Waals surface area contributed by atoms with Crippen LogP contribution in [0.1, 0.15) is 12.5 Å². The molecule has 3 heteroatoms. The van der Waals surface area contributed by atoms with Crippen molar-refractivity contribution in [2.75, 3.05) is 0 Å². The predicted molar refractivity (Wildman–Crippen MR) is 71.2 cm³/mol. The van der Waals surface area contributed by atoms with Gasteiger partial charge in [-0.05, 0) is 0 Å². The van der Waals surface area contributed by atoms with E-state index < -0.39 is 11.5 Å². The fraction of sp³-hybridized carbons (Fsp3) is 0.0667. The number of allylic oxidation sites excluding steroid dienone is 1. The monoisotopic (exact) mass is 304 g/mol. The fourth-order valence-corrected chi connectivity index (χ4v) is 3.26. The molecule has 2 nitrogen and oxygen atoms in total. The van der Waals surface area contributed by atoms with Crippen molar-refractivity contribution >= 4 is 29.6 Å². The van der Waals surface area contributed by atoms with Crippen LogP contribution in [0.2, 0.25) is 0 Å². The van der Waals surface area contributed by atoms with E-state index in [2.05, 4.69) is 12.1 Å². The summed E-state index contributed by atoms with van der Waals surface area (Å²) in [5.74, 6) is -0.843. The molecule has 0 aromatic heterocycles. The number of hydrogen-bond donors (Lipinski definition) is 0. The third kappa shape index (κ3) is 3.16. The first-order valence-electron chi connectivity index (χ1n) is 5.55. The normalized spacial score (nSPS) is 12.1. The van der Waals surface area contributed by atoms with E-state index in [1.807, 2.05) is 30.3 Å². The Morgan fingerprint density at radius 3 is 2.06 bits per heavy atom. The second kappa shape index (κ2) is 5.76. The summed E-state index contributed by atoms with van der Waals surface area (Å²) < 4.78 is 2.48. The van der Waals surface area contributed by atoms with Crippen molar-refractivity contribution in [3.63, 3.8) is 0 Å². The number of hydrogen-bond acceptors (Lipinski definition) is 1. The standard InChI is InChI=1S/C15H13O2Se/c1-11(16)15(17)12-7-9-14(10-8-12)18-13-5-3-2-4-6-13/h2-10,17H,1H3/p-1. The Morgan fingerprint density at radius 1 is 0.944 bits per heavy atom. The first-order chi connectivity index (χ1) is 8.66. The Labute approximate surface area is 113 Å². The molecule has 0 spiro atoms. The van der Waals surface area contributed by atoms with Gasteiger partial charge in [0.25, 0.3) is 0 Å². The maximum absolute atomic E-state index is 11.5. The van der Waals surface area contributed by atoms with Crippen molar-refractivity contribution in [2.45, 2.75) is 6.92 Å². The molecular weight excluding hydrogens is 291 g/mol. The molecule has 0 unspecified atom stereocenters. The molecule has 0 atom stereocenters. The van der Waals surface area contributed by atoms with Crippen LogP contribution >= 0.6 is 0 Å². The molecule has 0 aliphatic carbocycles. The van der Waals surface area contributed by atoms with Crippen LogP contribution < -0.4 is 14.0 Å². The quantitative estimate of drug-likeness (QED) is 0.611. The van der Waals surface area contributed by atoms with Crippen LogP contribution in [0.25, 0.3) is 5.76 Å². The minimum absolute atomic E-state index is 0.235. The summed E-state index contributed by atoms with van der Waals surface area (Å²) in [6, 6.07) is 17.5. The second-order valence-electron chi connectivity index (χ2n) is 3.82. The van der Waals surface area contributed by atoms with Gasteiger partial charge in [-0.2, -0.15) is 0 Å². The van der Waals surface area contributed by atoms with Gasteiger partial charge >= 0.3 is 113 Å². The first kappa shape index (κ1) is 12.7. The van der Waals surface area contributed by atoms with Crippen molar-refractivity contribution in [3.05, 3.63) is 65.9 Å². The summed E-state index contributed by atoms with van der Waals surface area (Å²) in [5.41, 5.74) is 0.468. The first-order valence-corrected chi connectivity index (χ1v) is 7.26. The summed E-state index contributed by atoms with van der Waals surface area (Å²) in [5, 5.41) is 22.4. The van der Waals surface area contributed by atoms with E-state index in [0.29, 0.717) is 5.56 Å². The van der Waals surface area contributed by atoms with Gasteiger partial charge in [0.05, 0.1) is 0 Å². The zero-order chi connectivity index (χ0) is 13.0. The summed E-state index contributed by atoms with van der Waals surface area (Å²) in [6.45, 7) is 1.30. The van der Waals surface area contributed by atoms with Crippen molar-refractivity contribution in [1.29, 1.82) is 0 Å². The molecule has 18 heavy (non-hydrogen) atoms. The molecule has 0 heterocycles. The van der Waals surface area contributed by atoms with Gasteiger partial charge in [0, 0.05) is 0 Å². The topological polar surface area (TPSA) is 43.0 Å². The van der Waals surface area contributed by atoms with Gasteiger partial charge < -0.3 is 0 Å². The zero-order valence-electron chi connectivity index (χ0n) is 9.92. The molecule has 0 N–H and O–H groups in total. The van der Waals surface area contributed by atoms with Gasteiger partial charge in [0.15, 0.2) is 0 Å². The third-order valence-electron chi connectivity index (χ3n) is 2.42. The van der Waals surface area contributed by atoms with Gasteiger partial charge in [-0.1, -0.05) is 0 Å². The van der Waals surface area contributed by atoms with Crippen LogP contribution in [0.5, 0.6) is 0 Å². The van der Waals surface area contributed by atoms with Crippen LogP contribution in [0.4, 0.5) is 0 Å². The van der Waals surface area contributed by atoms with E-state index in [9.17, 15) is 10.2 Å². The van der Waals surface area contributed by atoms with Crippen LogP contribution in [-0.4, -0.2) is 15.0 Å². The Hall–Kier alpha value is -1.70. The van der Waals surface area contributed by atoms with Crippen LogP contribution in [0.3, 0.4) is 0 Å². The molecular formula is C15H12O2Se-. The van der Waals surface area contributed by atoms with E-state index >= 15 is 0 Å². The SMILES string of the molecule is CC([O])=C([O-])c1ccc([Se]c2ccccc2)cc1. The molecule has 0 amide bonds. The van der Waals surface area contributed by atoms with Crippen molar-refractivity contribution in [1.82, 2.24) is 0 Å². The Balaban J connectivity index is 2.16. The minimum atomic E-state index is -0.422. The van der Waals surface area contributed by atoms with E-state index in [1.165, 1.54) is 15.8 Å². The van der Waals surface area contributed by atoms with Crippen LogP contribution in [0, 0.1) is 0 Å². The molecule has 2 aromatic rings. The molecule has 2 rings (SSSR count). The number of benzene rings is 2. The van der Waals surface area contributed by atoms with Gasteiger partial charge in [-0.3, -0.25) is 0 Å². The van der Waals surface area contributed by atoms with Crippen LogP contribution in [-0.2, 0) is 5.11 Å². The van der Waals surface area contributed by atoms with Crippen molar-refractivity contribution < 1.29 is 10.2 Å². The summed E-state index contributed by atoms with van der Waals surface area (Å²) >= 11 is 0.235. The van der Waals surface area contributed by atoms with E-state index in [0.717, 1.165) is 0 Å². The van der Waals surface area contributed by atoms with E-state index in [4.69, 9.17) is 0 Å². The summed E-state index contributed by atoms with van der Waals surface area (Å²) in [4.78, 5) is 0. The van der Waals surface area contributed by atoms with E-state index in [-0.39, 0.29) is 15.0 Å². The molecule has 0 bridgehead atoms. The molecule has 0 fully saturated rings. The van der Waals surface area contributed by atoms with Crippen molar-refractivity contribution in [2.24, 2.45) is 0 Å². The Bertz CT molecular complexity index is 540. The third-order valence-corrected chi connectivity index (χ3v) is 4.55. The molecule has 0 aliphatic rings. The number of rotatable bonds is 3. The fourth-order valence-electron chi connectivity index (χ4n) is 1.50. The summed E-state index contributed by atoms with van der Waals surface area (Å²) in [7, 11) is 0. The average Bonchev–Trinajstić information content (AvgIpc) is 2.40. The molecule has 2 aromatic carbocycles. The Morgan fingerprint density at radius 2 is 1.50 bits per heavy atom.